The van der Waals surface area contributed by atoms with Crippen molar-refractivity contribution in [3.8, 4) is 0 Å². The molecule has 0 amide bonds. The fourth-order valence-electron chi connectivity index (χ4n) is 4.08. The Morgan fingerprint density at radius 1 is 0.826 bits per heavy atom. The second-order valence-electron chi connectivity index (χ2n) is 8.33. The monoisotopic (exact) mass is 376 g/mol. The summed E-state index contributed by atoms with van der Waals surface area (Å²) in [6.07, 6.45) is 1.47. The van der Waals surface area contributed by atoms with E-state index in [0.29, 0.717) is 33.5 Å². The molecule has 0 aromatic carbocycles. The number of thioether (sulfide) groups is 1. The highest BCUT2D eigenvalue weighted by atomic mass is 32.2. The maximum atomic E-state index is 7.14. The summed E-state index contributed by atoms with van der Waals surface area (Å²) in [5.74, 6) is 1.19. The van der Waals surface area contributed by atoms with Crippen molar-refractivity contribution in [1.29, 1.82) is 0 Å². The van der Waals surface area contributed by atoms with E-state index in [-0.39, 0.29) is 0 Å². The highest BCUT2D eigenvalue weighted by molar-refractivity contribution is 8.00. The lowest BCUT2D eigenvalue weighted by molar-refractivity contribution is 0.0744. The summed E-state index contributed by atoms with van der Waals surface area (Å²) in [5, 5.41) is 0.493. The van der Waals surface area contributed by atoms with E-state index in [1.54, 1.807) is 0 Å². The highest BCUT2D eigenvalue weighted by Gasteiger charge is 2.59. The average Bonchev–Trinajstić information content (AvgIpc) is 2.84. The molecule has 2 aliphatic heterocycles. The van der Waals surface area contributed by atoms with E-state index in [0.717, 1.165) is 13.0 Å². The van der Waals surface area contributed by atoms with Gasteiger partial charge in [0.25, 0.3) is 0 Å². The fourth-order valence-corrected chi connectivity index (χ4v) is 16.8. The van der Waals surface area contributed by atoms with Crippen LogP contribution in [0.1, 0.15) is 61.8 Å². The lowest BCUT2D eigenvalue weighted by atomic mass is 10.2. The van der Waals surface area contributed by atoms with E-state index in [9.17, 15) is 0 Å². The van der Waals surface area contributed by atoms with Gasteiger partial charge in [-0.15, -0.1) is 0 Å². The molecular weight excluding hydrogens is 340 g/mol. The molecule has 2 atom stereocenters. The quantitative estimate of drug-likeness (QED) is 0.610. The van der Waals surface area contributed by atoms with Gasteiger partial charge in [-0.1, -0.05) is 55.4 Å². The van der Waals surface area contributed by atoms with Crippen LogP contribution in [0.4, 0.5) is 0 Å². The zero-order chi connectivity index (χ0) is 17.4. The molecule has 2 aliphatic rings. The second-order valence-corrected chi connectivity index (χ2v) is 18.5. The van der Waals surface area contributed by atoms with Crippen molar-refractivity contribution >= 4 is 28.9 Å². The molecule has 0 radical (unpaired) electrons. The first-order valence-corrected chi connectivity index (χ1v) is 14.3. The van der Waals surface area contributed by atoms with Gasteiger partial charge in [-0.25, -0.2) is 0 Å². The Kier molecular flexibility index (Phi) is 6.51. The SMILES string of the molecule is CC(C)[Si]1(C(C)C)OC[C@H]2SCC[C@@H]2O[Si](C(C)C)(C(C)C)O1. The summed E-state index contributed by atoms with van der Waals surface area (Å²) >= 11 is 2.04. The van der Waals surface area contributed by atoms with E-state index in [1.165, 1.54) is 5.75 Å². The third-order valence-corrected chi connectivity index (χ3v) is 17.1. The van der Waals surface area contributed by atoms with Crippen molar-refractivity contribution in [3.05, 3.63) is 0 Å². The fraction of sp³-hybridized carbons (Fsp3) is 1.00. The number of hydrogen-bond acceptors (Lipinski definition) is 4. The smallest absolute Gasteiger partial charge is 0.334 e. The van der Waals surface area contributed by atoms with Crippen LogP contribution in [0.15, 0.2) is 0 Å². The minimum atomic E-state index is -2.34. The van der Waals surface area contributed by atoms with E-state index in [4.69, 9.17) is 13.0 Å². The standard InChI is InChI=1S/C17H36O3SSi2/c1-12(2)22(13(3)4)18-11-17-16(9-10-21-17)19-23(20-22,14(5)6)15(7)8/h12-17H,9-11H2,1-8H3/t16-,17+/m0/s1. The number of hydrogen-bond donors (Lipinski definition) is 0. The van der Waals surface area contributed by atoms with Gasteiger partial charge in [0.15, 0.2) is 0 Å². The molecule has 0 aromatic rings. The summed E-state index contributed by atoms with van der Waals surface area (Å²) in [6, 6.07) is 0. The van der Waals surface area contributed by atoms with Crippen LogP contribution in [0.25, 0.3) is 0 Å². The van der Waals surface area contributed by atoms with Crippen LogP contribution in [-0.4, -0.2) is 40.8 Å². The van der Waals surface area contributed by atoms with Gasteiger partial charge in [-0.2, -0.15) is 11.8 Å². The summed E-state index contributed by atoms with van der Waals surface area (Å²) < 4.78 is 20.8. The van der Waals surface area contributed by atoms with Crippen LogP contribution in [0.3, 0.4) is 0 Å². The molecule has 2 fully saturated rings. The van der Waals surface area contributed by atoms with Crippen LogP contribution >= 0.6 is 11.8 Å². The Morgan fingerprint density at radius 3 is 1.83 bits per heavy atom. The molecule has 0 aliphatic carbocycles. The first kappa shape index (κ1) is 20.0. The average molecular weight is 377 g/mol. The Balaban J connectivity index is 2.48. The highest BCUT2D eigenvalue weighted by Crippen LogP contribution is 2.48. The molecule has 2 heterocycles. The Bertz CT molecular complexity index is 385. The van der Waals surface area contributed by atoms with Crippen molar-refractivity contribution in [1.82, 2.24) is 0 Å². The van der Waals surface area contributed by atoms with E-state index in [1.807, 2.05) is 11.8 Å². The van der Waals surface area contributed by atoms with Crippen molar-refractivity contribution in [3.63, 3.8) is 0 Å². The topological polar surface area (TPSA) is 27.7 Å². The minimum Gasteiger partial charge on any atom is -0.414 e. The molecule has 23 heavy (non-hydrogen) atoms. The van der Waals surface area contributed by atoms with Gasteiger partial charge in [-0.3, -0.25) is 0 Å². The minimum absolute atomic E-state index is 0.322. The van der Waals surface area contributed by atoms with Crippen molar-refractivity contribution in [2.75, 3.05) is 12.4 Å². The zero-order valence-corrected chi connectivity index (χ0v) is 19.0. The molecular formula is C17H36O3SSi2. The van der Waals surface area contributed by atoms with Crippen LogP contribution < -0.4 is 0 Å². The molecule has 3 nitrogen and oxygen atoms in total. The largest absolute Gasteiger partial charge is 0.414 e. The first-order valence-electron chi connectivity index (χ1n) is 9.29. The van der Waals surface area contributed by atoms with Gasteiger partial charge < -0.3 is 13.0 Å². The van der Waals surface area contributed by atoms with Gasteiger partial charge in [0.05, 0.1) is 18.0 Å². The molecule has 6 heteroatoms. The molecule has 0 aromatic heterocycles. The molecule has 0 spiro atoms. The van der Waals surface area contributed by atoms with Crippen molar-refractivity contribution in [2.45, 2.75) is 95.3 Å². The van der Waals surface area contributed by atoms with Gasteiger partial charge in [0.1, 0.15) is 0 Å². The molecule has 0 bridgehead atoms. The summed E-state index contributed by atoms with van der Waals surface area (Å²) in [5.41, 5.74) is 1.77. The molecule has 0 saturated carbocycles. The summed E-state index contributed by atoms with van der Waals surface area (Å²) in [6.45, 7) is 19.1. The predicted octanol–water partition coefficient (Wildman–Crippen LogP) is 5.45. The van der Waals surface area contributed by atoms with E-state index < -0.39 is 17.1 Å². The molecule has 136 valence electrons. The normalized spacial score (nSPS) is 30.8. The van der Waals surface area contributed by atoms with Crippen molar-refractivity contribution < 1.29 is 13.0 Å². The number of fused-ring (bicyclic) bond motifs is 1. The molecule has 2 rings (SSSR count). The van der Waals surface area contributed by atoms with Gasteiger partial charge in [-0.05, 0) is 34.3 Å². The third kappa shape index (κ3) is 3.63. The summed E-state index contributed by atoms with van der Waals surface area (Å²) in [4.78, 5) is 0. The Hall–Kier alpha value is 0.664. The second kappa shape index (κ2) is 7.50. The van der Waals surface area contributed by atoms with Crippen LogP contribution in [-0.2, 0) is 13.0 Å². The first-order chi connectivity index (χ1) is 10.7. The molecule has 2 saturated heterocycles. The lowest BCUT2D eigenvalue weighted by Gasteiger charge is -2.51. The maximum Gasteiger partial charge on any atom is 0.334 e. The van der Waals surface area contributed by atoms with Crippen molar-refractivity contribution in [2.24, 2.45) is 0 Å². The number of rotatable bonds is 4. The van der Waals surface area contributed by atoms with Gasteiger partial charge >= 0.3 is 17.1 Å². The lowest BCUT2D eigenvalue weighted by Crippen LogP contribution is -2.64. The Labute approximate surface area is 149 Å². The van der Waals surface area contributed by atoms with Gasteiger partial charge in [0.2, 0.25) is 0 Å². The van der Waals surface area contributed by atoms with E-state index >= 15 is 0 Å². The van der Waals surface area contributed by atoms with Crippen LogP contribution in [0, 0.1) is 0 Å². The maximum absolute atomic E-state index is 7.14. The summed E-state index contributed by atoms with van der Waals surface area (Å²) in [7, 11) is -4.66. The zero-order valence-electron chi connectivity index (χ0n) is 16.2. The van der Waals surface area contributed by atoms with E-state index in [2.05, 4.69) is 55.4 Å². The molecule has 0 N–H and O–H groups in total. The van der Waals surface area contributed by atoms with Crippen LogP contribution in [0.5, 0.6) is 0 Å². The molecule has 0 unspecified atom stereocenters. The third-order valence-electron chi connectivity index (χ3n) is 5.50. The Morgan fingerprint density at radius 2 is 1.35 bits per heavy atom. The van der Waals surface area contributed by atoms with Crippen LogP contribution in [0.2, 0.25) is 22.2 Å². The van der Waals surface area contributed by atoms with Gasteiger partial charge in [0, 0.05) is 0 Å². The predicted molar refractivity (Wildman–Crippen MR) is 105 cm³/mol.